The average Bonchev–Trinajstić information content (AvgIpc) is 3.43. The Bertz CT molecular complexity index is 940. The Kier molecular flexibility index (Phi) is 8.30. The van der Waals surface area contributed by atoms with E-state index in [1.807, 2.05) is 39.9 Å². The number of para-hydroxylation sites is 1. The second-order valence-corrected chi connectivity index (χ2v) is 9.64. The Hall–Kier alpha value is -2.40. The topological polar surface area (TPSA) is 118 Å². The first-order chi connectivity index (χ1) is 15.3. The molecule has 0 bridgehead atoms. The monoisotopic (exact) mass is 478 g/mol. The van der Waals surface area contributed by atoms with Gasteiger partial charge in [-0.1, -0.05) is 12.1 Å². The lowest BCUT2D eigenvalue weighted by Crippen LogP contribution is -2.42. The van der Waals surface area contributed by atoms with Crippen LogP contribution in [0.1, 0.15) is 30.1 Å². The van der Waals surface area contributed by atoms with Gasteiger partial charge in [-0.05, 0) is 67.4 Å². The summed E-state index contributed by atoms with van der Waals surface area (Å²) in [5.74, 6) is -3.83. The average molecular weight is 479 g/mol. The van der Waals surface area contributed by atoms with Gasteiger partial charge in [0.25, 0.3) is 5.91 Å². The van der Waals surface area contributed by atoms with Crippen LogP contribution in [0.2, 0.25) is 0 Å². The quantitative estimate of drug-likeness (QED) is 0.574. The van der Waals surface area contributed by atoms with Gasteiger partial charge in [0.05, 0.1) is 10.9 Å². The number of fused-ring (bicyclic) bond motifs is 1. The van der Waals surface area contributed by atoms with E-state index < -0.39 is 18.0 Å². The van der Waals surface area contributed by atoms with Crippen molar-refractivity contribution in [2.75, 3.05) is 25.0 Å². The van der Waals surface area contributed by atoms with E-state index in [4.69, 9.17) is 19.8 Å². The van der Waals surface area contributed by atoms with Crippen LogP contribution < -0.4 is 4.90 Å². The number of aliphatic hydroxyl groups excluding tert-OH is 1. The SMILES string of the molecule is CN1CCCC1CCN1C(=O)[C@H](O)[C@H](c2ccsc2)Sc2ccccc21.O=C(O)C(=O)O. The Balaban J connectivity index is 0.000000427. The first-order valence-corrected chi connectivity index (χ1v) is 12.1. The third kappa shape index (κ3) is 5.69. The van der Waals surface area contributed by atoms with Crippen molar-refractivity contribution in [2.45, 2.75) is 41.6 Å². The summed E-state index contributed by atoms with van der Waals surface area (Å²) in [6, 6.07) is 10.6. The first-order valence-electron chi connectivity index (χ1n) is 10.2. The molecule has 10 heteroatoms. The molecule has 2 aromatic rings. The number of nitrogens with zero attached hydrogens (tertiary/aromatic N) is 2. The minimum absolute atomic E-state index is 0.181. The molecule has 0 saturated carbocycles. The molecular weight excluding hydrogens is 452 g/mol. The van der Waals surface area contributed by atoms with Crippen LogP contribution in [0.15, 0.2) is 46.0 Å². The van der Waals surface area contributed by atoms with Crippen molar-refractivity contribution in [3.8, 4) is 0 Å². The number of anilines is 1. The van der Waals surface area contributed by atoms with E-state index in [-0.39, 0.29) is 11.2 Å². The van der Waals surface area contributed by atoms with Crippen LogP contribution >= 0.6 is 23.1 Å². The smallest absolute Gasteiger partial charge is 0.414 e. The Morgan fingerprint density at radius 3 is 2.47 bits per heavy atom. The molecule has 1 amide bonds. The summed E-state index contributed by atoms with van der Waals surface area (Å²) < 4.78 is 0. The normalized spacial score (nSPS) is 23.1. The zero-order valence-electron chi connectivity index (χ0n) is 17.6. The van der Waals surface area contributed by atoms with Crippen LogP contribution in [0.25, 0.3) is 0 Å². The van der Waals surface area contributed by atoms with Crippen LogP contribution in [-0.2, 0) is 14.4 Å². The van der Waals surface area contributed by atoms with Crippen molar-refractivity contribution in [2.24, 2.45) is 0 Å². The zero-order chi connectivity index (χ0) is 23.3. The van der Waals surface area contributed by atoms with Gasteiger partial charge in [-0.15, -0.1) is 11.8 Å². The number of likely N-dealkylation sites (tertiary alicyclic amines) is 1. The number of hydrogen-bond donors (Lipinski definition) is 3. The van der Waals surface area contributed by atoms with Crippen molar-refractivity contribution < 1.29 is 29.7 Å². The largest absolute Gasteiger partial charge is 0.473 e. The molecule has 2 aliphatic rings. The summed E-state index contributed by atoms with van der Waals surface area (Å²) in [5, 5.41) is 29.4. The van der Waals surface area contributed by atoms with E-state index in [1.54, 1.807) is 23.1 Å². The predicted molar refractivity (Wildman–Crippen MR) is 123 cm³/mol. The molecule has 2 aliphatic heterocycles. The number of carbonyl (C=O) groups excluding carboxylic acids is 1. The molecule has 3 heterocycles. The van der Waals surface area contributed by atoms with Gasteiger partial charge in [-0.2, -0.15) is 11.3 Å². The van der Waals surface area contributed by atoms with Gasteiger partial charge in [0.2, 0.25) is 0 Å². The van der Waals surface area contributed by atoms with Crippen molar-refractivity contribution in [3.63, 3.8) is 0 Å². The summed E-state index contributed by atoms with van der Waals surface area (Å²) in [7, 11) is 2.16. The molecule has 3 N–H and O–H groups in total. The molecule has 1 saturated heterocycles. The molecule has 0 aliphatic carbocycles. The molecule has 8 nitrogen and oxygen atoms in total. The fourth-order valence-electron chi connectivity index (χ4n) is 3.93. The van der Waals surface area contributed by atoms with E-state index >= 15 is 0 Å². The molecule has 172 valence electrons. The van der Waals surface area contributed by atoms with Gasteiger partial charge in [-0.3, -0.25) is 4.79 Å². The van der Waals surface area contributed by atoms with Gasteiger partial charge in [0.15, 0.2) is 0 Å². The lowest BCUT2D eigenvalue weighted by Gasteiger charge is -2.27. The number of benzene rings is 1. The molecular formula is C22H26N2O6S2. The maximum atomic E-state index is 13.2. The molecule has 4 rings (SSSR count). The maximum Gasteiger partial charge on any atom is 0.414 e. The van der Waals surface area contributed by atoms with Crippen molar-refractivity contribution in [1.82, 2.24) is 4.90 Å². The molecule has 0 radical (unpaired) electrons. The second-order valence-electron chi connectivity index (χ2n) is 7.67. The third-order valence-corrected chi connectivity index (χ3v) is 7.71. The van der Waals surface area contributed by atoms with Crippen LogP contribution in [-0.4, -0.2) is 70.3 Å². The van der Waals surface area contributed by atoms with Crippen LogP contribution in [0.4, 0.5) is 5.69 Å². The lowest BCUT2D eigenvalue weighted by molar-refractivity contribution is -0.159. The zero-order valence-corrected chi connectivity index (χ0v) is 19.2. The van der Waals surface area contributed by atoms with E-state index in [0.717, 1.165) is 29.1 Å². The number of carboxylic acid groups (broad SMARTS) is 2. The minimum Gasteiger partial charge on any atom is -0.473 e. The first kappa shape index (κ1) is 24.2. The number of thiophene rings is 1. The number of thioether (sulfide) groups is 1. The maximum absolute atomic E-state index is 13.2. The molecule has 0 spiro atoms. The fourth-order valence-corrected chi connectivity index (χ4v) is 5.97. The highest BCUT2D eigenvalue weighted by Gasteiger charge is 2.37. The number of hydrogen-bond acceptors (Lipinski definition) is 7. The number of rotatable bonds is 4. The van der Waals surface area contributed by atoms with Crippen molar-refractivity contribution >= 4 is 46.6 Å². The molecule has 32 heavy (non-hydrogen) atoms. The standard InChI is InChI=1S/C20H24N2O2S2.C2H2O4/c1-21-10-4-5-15(21)8-11-22-16-6-2-3-7-17(16)26-19(18(23)20(22)24)14-9-12-25-13-14;3-1(4)2(5)6/h2-3,6-7,9,12-13,15,18-19,23H,4-5,8,10-11H2,1H3;(H,3,4)(H,5,6)/t15?,18-,19+;/m1./s1. The van der Waals surface area contributed by atoms with E-state index in [1.165, 1.54) is 12.8 Å². The number of amides is 1. The molecule has 3 atom stereocenters. The van der Waals surface area contributed by atoms with Crippen LogP contribution in [0.5, 0.6) is 0 Å². The van der Waals surface area contributed by atoms with Gasteiger partial charge >= 0.3 is 11.9 Å². The molecule has 1 aromatic carbocycles. The highest BCUT2D eigenvalue weighted by Crippen LogP contribution is 2.46. The highest BCUT2D eigenvalue weighted by molar-refractivity contribution is 7.99. The summed E-state index contributed by atoms with van der Waals surface area (Å²) in [4.78, 5) is 36.6. The van der Waals surface area contributed by atoms with E-state index in [9.17, 15) is 9.90 Å². The highest BCUT2D eigenvalue weighted by atomic mass is 32.2. The predicted octanol–water partition coefficient (Wildman–Crippen LogP) is 2.93. The Morgan fingerprint density at radius 1 is 1.16 bits per heavy atom. The van der Waals surface area contributed by atoms with Crippen LogP contribution in [0, 0.1) is 0 Å². The molecule has 1 fully saturated rings. The van der Waals surface area contributed by atoms with Gasteiger partial charge < -0.3 is 25.1 Å². The summed E-state index contributed by atoms with van der Waals surface area (Å²) >= 11 is 3.19. The minimum atomic E-state index is -1.82. The summed E-state index contributed by atoms with van der Waals surface area (Å²) in [6.07, 6.45) is 2.33. The second kappa shape index (κ2) is 11.0. The molecule has 1 aromatic heterocycles. The van der Waals surface area contributed by atoms with Crippen LogP contribution in [0.3, 0.4) is 0 Å². The fraction of sp³-hybridized carbons (Fsp3) is 0.409. The Labute approximate surface area is 194 Å². The number of carbonyl (C=O) groups is 3. The van der Waals surface area contributed by atoms with Gasteiger partial charge in [-0.25, -0.2) is 9.59 Å². The van der Waals surface area contributed by atoms with Crippen molar-refractivity contribution in [1.29, 1.82) is 0 Å². The summed E-state index contributed by atoms with van der Waals surface area (Å²) in [5.41, 5.74) is 1.95. The number of aliphatic carboxylic acids is 2. The van der Waals surface area contributed by atoms with Gasteiger partial charge in [0.1, 0.15) is 6.10 Å². The van der Waals surface area contributed by atoms with Gasteiger partial charge in [0, 0.05) is 17.5 Å². The third-order valence-electron chi connectivity index (χ3n) is 5.63. The number of carboxylic acids is 2. The van der Waals surface area contributed by atoms with Crippen molar-refractivity contribution in [3.05, 3.63) is 46.7 Å². The lowest BCUT2D eigenvalue weighted by atomic mass is 10.1. The number of aliphatic hydroxyl groups is 1. The molecule has 1 unspecified atom stereocenters. The summed E-state index contributed by atoms with van der Waals surface area (Å²) in [6.45, 7) is 1.78. The van der Waals surface area contributed by atoms with E-state index in [2.05, 4.69) is 18.0 Å². The van der Waals surface area contributed by atoms with E-state index in [0.29, 0.717) is 12.6 Å². The Morgan fingerprint density at radius 2 is 1.88 bits per heavy atom.